The summed E-state index contributed by atoms with van der Waals surface area (Å²) in [5, 5.41) is 6.58. The summed E-state index contributed by atoms with van der Waals surface area (Å²) in [5.41, 5.74) is 2.27. The molecule has 0 fully saturated rings. The van der Waals surface area contributed by atoms with Gasteiger partial charge in [-0.15, -0.1) is 0 Å². The van der Waals surface area contributed by atoms with Crippen molar-refractivity contribution < 1.29 is 9.18 Å². The van der Waals surface area contributed by atoms with Crippen LogP contribution in [0.1, 0.15) is 15.9 Å². The zero-order valence-electron chi connectivity index (χ0n) is 11.8. The van der Waals surface area contributed by atoms with Crippen molar-refractivity contribution in [1.29, 1.82) is 0 Å². The fourth-order valence-electron chi connectivity index (χ4n) is 2.04. The van der Waals surface area contributed by atoms with Crippen molar-refractivity contribution in [2.45, 2.75) is 6.92 Å². The number of hydrogen-bond acceptors (Lipinski definition) is 3. The molecule has 2 aromatic carbocycles. The van der Waals surface area contributed by atoms with E-state index in [1.165, 1.54) is 12.4 Å². The Morgan fingerprint density at radius 2 is 1.95 bits per heavy atom. The molecule has 0 saturated heterocycles. The summed E-state index contributed by atoms with van der Waals surface area (Å²) in [5.74, 6) is -0.826. The molecule has 0 saturated carbocycles. The third-order valence-electron chi connectivity index (χ3n) is 3.18. The average molecular weight is 296 g/mol. The van der Waals surface area contributed by atoms with Crippen LogP contribution in [0.25, 0.3) is 5.69 Å². The molecule has 3 aromatic rings. The second-order valence-electron chi connectivity index (χ2n) is 4.82. The molecule has 3 rings (SSSR count). The maximum absolute atomic E-state index is 13.7. The van der Waals surface area contributed by atoms with Crippen LogP contribution in [0, 0.1) is 12.7 Å². The number of nitrogens with one attached hydrogen (secondary N) is 1. The lowest BCUT2D eigenvalue weighted by molar-refractivity contribution is 0.102. The highest BCUT2D eigenvalue weighted by Gasteiger charge is 2.10. The Kier molecular flexibility index (Phi) is 3.65. The van der Waals surface area contributed by atoms with Gasteiger partial charge in [-0.1, -0.05) is 6.07 Å². The van der Waals surface area contributed by atoms with Gasteiger partial charge in [-0.25, -0.2) is 14.1 Å². The predicted octanol–water partition coefficient (Wildman–Crippen LogP) is 2.97. The summed E-state index contributed by atoms with van der Waals surface area (Å²) in [6.45, 7) is 1.84. The second kappa shape index (κ2) is 5.77. The quantitative estimate of drug-likeness (QED) is 0.808. The monoisotopic (exact) mass is 296 g/mol. The smallest absolute Gasteiger partial charge is 0.255 e. The largest absolute Gasteiger partial charge is 0.319 e. The lowest BCUT2D eigenvalue weighted by atomic mass is 10.1. The minimum Gasteiger partial charge on any atom is -0.319 e. The second-order valence-corrected chi connectivity index (χ2v) is 4.82. The summed E-state index contributed by atoms with van der Waals surface area (Å²) < 4.78 is 15.2. The van der Waals surface area contributed by atoms with E-state index in [4.69, 9.17) is 0 Å². The fraction of sp³-hybridized carbons (Fsp3) is 0.0625. The van der Waals surface area contributed by atoms with Crippen molar-refractivity contribution in [1.82, 2.24) is 14.8 Å². The van der Waals surface area contributed by atoms with Crippen molar-refractivity contribution in [3.8, 4) is 5.69 Å². The molecular weight excluding hydrogens is 283 g/mol. The molecule has 0 bridgehead atoms. The van der Waals surface area contributed by atoms with Gasteiger partial charge in [0.25, 0.3) is 5.91 Å². The van der Waals surface area contributed by atoms with E-state index >= 15 is 0 Å². The predicted molar refractivity (Wildman–Crippen MR) is 80.4 cm³/mol. The van der Waals surface area contributed by atoms with Gasteiger partial charge in [-0.3, -0.25) is 4.79 Å². The normalized spacial score (nSPS) is 10.5. The summed E-state index contributed by atoms with van der Waals surface area (Å²) in [6.07, 6.45) is 3.00. The molecule has 0 aliphatic carbocycles. The number of amides is 1. The van der Waals surface area contributed by atoms with Crippen molar-refractivity contribution in [3.63, 3.8) is 0 Å². The number of carbonyl (C=O) groups is 1. The Labute approximate surface area is 126 Å². The number of rotatable bonds is 3. The Balaban J connectivity index is 1.79. The molecule has 0 aliphatic heterocycles. The van der Waals surface area contributed by atoms with E-state index in [0.717, 1.165) is 11.3 Å². The maximum Gasteiger partial charge on any atom is 0.255 e. The number of aromatic nitrogens is 3. The van der Waals surface area contributed by atoms with Crippen LogP contribution in [0.4, 0.5) is 10.1 Å². The van der Waals surface area contributed by atoms with Crippen LogP contribution in [0.3, 0.4) is 0 Å². The summed E-state index contributed by atoms with van der Waals surface area (Å²) in [4.78, 5) is 16.0. The Bertz CT molecular complexity index is 798. The minimum atomic E-state index is -0.460. The topological polar surface area (TPSA) is 59.8 Å². The SMILES string of the molecule is Cc1ccc(F)c(NC(=O)c2ccc(-n3cncn3)cc2)c1. The number of hydrogen-bond donors (Lipinski definition) is 1. The molecule has 0 unspecified atom stereocenters. The summed E-state index contributed by atoms with van der Waals surface area (Å²) in [6, 6.07) is 11.4. The minimum absolute atomic E-state index is 0.172. The number of carbonyl (C=O) groups excluding carboxylic acids is 1. The first-order chi connectivity index (χ1) is 10.6. The van der Waals surface area contributed by atoms with E-state index in [1.807, 2.05) is 6.92 Å². The van der Waals surface area contributed by atoms with Gasteiger partial charge in [0.15, 0.2) is 0 Å². The fourth-order valence-corrected chi connectivity index (χ4v) is 2.04. The Morgan fingerprint density at radius 3 is 2.64 bits per heavy atom. The lowest BCUT2D eigenvalue weighted by Crippen LogP contribution is -2.13. The third kappa shape index (κ3) is 2.85. The molecule has 0 atom stereocenters. The molecule has 5 nitrogen and oxygen atoms in total. The molecular formula is C16H13FN4O. The average Bonchev–Trinajstić information content (AvgIpc) is 3.05. The molecule has 1 N–H and O–H groups in total. The molecule has 0 aliphatic rings. The van der Waals surface area contributed by atoms with Gasteiger partial charge in [-0.05, 0) is 48.9 Å². The van der Waals surface area contributed by atoms with Gasteiger partial charge in [0, 0.05) is 5.56 Å². The highest BCUT2D eigenvalue weighted by molar-refractivity contribution is 6.04. The summed E-state index contributed by atoms with van der Waals surface area (Å²) >= 11 is 0. The third-order valence-corrected chi connectivity index (χ3v) is 3.18. The zero-order valence-corrected chi connectivity index (χ0v) is 11.8. The van der Waals surface area contributed by atoms with E-state index in [-0.39, 0.29) is 11.6 Å². The molecule has 0 radical (unpaired) electrons. The van der Waals surface area contributed by atoms with Crippen molar-refractivity contribution in [3.05, 3.63) is 72.1 Å². The van der Waals surface area contributed by atoms with Crippen LogP contribution in [-0.4, -0.2) is 20.7 Å². The summed E-state index contributed by atoms with van der Waals surface area (Å²) in [7, 11) is 0. The van der Waals surface area contributed by atoms with E-state index in [2.05, 4.69) is 15.4 Å². The molecule has 6 heteroatoms. The standard InChI is InChI=1S/C16H13FN4O/c1-11-2-7-14(17)15(8-11)20-16(22)12-3-5-13(6-4-12)21-10-18-9-19-21/h2-10H,1H3,(H,20,22). The van der Waals surface area contributed by atoms with Crippen molar-refractivity contribution in [2.75, 3.05) is 5.32 Å². The first kappa shape index (κ1) is 13.9. The number of aryl methyl sites for hydroxylation is 1. The van der Waals surface area contributed by atoms with E-state index < -0.39 is 5.82 Å². The van der Waals surface area contributed by atoms with Crippen LogP contribution in [0.2, 0.25) is 0 Å². The lowest BCUT2D eigenvalue weighted by Gasteiger charge is -2.08. The van der Waals surface area contributed by atoms with Crippen molar-refractivity contribution >= 4 is 11.6 Å². The van der Waals surface area contributed by atoms with Crippen LogP contribution in [0.5, 0.6) is 0 Å². The van der Waals surface area contributed by atoms with Crippen LogP contribution in [-0.2, 0) is 0 Å². The Morgan fingerprint density at radius 1 is 1.18 bits per heavy atom. The number of anilines is 1. The first-order valence-corrected chi connectivity index (χ1v) is 6.66. The molecule has 110 valence electrons. The Hall–Kier alpha value is -3.02. The highest BCUT2D eigenvalue weighted by Crippen LogP contribution is 2.17. The van der Waals surface area contributed by atoms with Crippen molar-refractivity contribution in [2.24, 2.45) is 0 Å². The molecule has 1 amide bonds. The maximum atomic E-state index is 13.7. The highest BCUT2D eigenvalue weighted by atomic mass is 19.1. The van der Waals surface area contributed by atoms with Gasteiger partial charge in [-0.2, -0.15) is 5.10 Å². The first-order valence-electron chi connectivity index (χ1n) is 6.66. The molecule has 0 spiro atoms. The van der Waals surface area contributed by atoms with Crippen LogP contribution >= 0.6 is 0 Å². The number of nitrogens with zero attached hydrogens (tertiary/aromatic N) is 3. The molecule has 22 heavy (non-hydrogen) atoms. The van der Waals surface area contributed by atoms with E-state index in [9.17, 15) is 9.18 Å². The molecule has 1 heterocycles. The van der Waals surface area contributed by atoms with Gasteiger partial charge >= 0.3 is 0 Å². The van der Waals surface area contributed by atoms with Crippen LogP contribution < -0.4 is 5.32 Å². The van der Waals surface area contributed by atoms with Gasteiger partial charge in [0.1, 0.15) is 18.5 Å². The van der Waals surface area contributed by atoms with Gasteiger partial charge < -0.3 is 5.32 Å². The van der Waals surface area contributed by atoms with Gasteiger partial charge in [0.2, 0.25) is 0 Å². The van der Waals surface area contributed by atoms with E-state index in [0.29, 0.717) is 5.56 Å². The van der Waals surface area contributed by atoms with Gasteiger partial charge in [0.05, 0.1) is 11.4 Å². The molecule has 1 aromatic heterocycles. The number of halogens is 1. The number of benzene rings is 2. The van der Waals surface area contributed by atoms with Crippen LogP contribution in [0.15, 0.2) is 55.1 Å². The van der Waals surface area contributed by atoms with E-state index in [1.54, 1.807) is 47.4 Å². The zero-order chi connectivity index (χ0) is 15.5.